The van der Waals surface area contributed by atoms with E-state index >= 15 is 0 Å². The van der Waals surface area contributed by atoms with Gasteiger partial charge in [-0.25, -0.2) is 4.79 Å². The molecule has 0 radical (unpaired) electrons. The minimum absolute atomic E-state index is 0.261. The van der Waals surface area contributed by atoms with Crippen molar-refractivity contribution in [3.8, 4) is 0 Å². The topological polar surface area (TPSA) is 104 Å². The zero-order chi connectivity index (χ0) is 17.4. The third-order valence-corrected chi connectivity index (χ3v) is 3.32. The van der Waals surface area contributed by atoms with E-state index in [1.807, 2.05) is 24.3 Å². The Hall–Kier alpha value is -3.28. The first kappa shape index (κ1) is 17.1. The molecular weight excluding hydrogens is 306 g/mol. The monoisotopic (exact) mass is 325 g/mol. The highest BCUT2D eigenvalue weighted by Crippen LogP contribution is 2.16. The maximum Gasteiger partial charge on any atom is 0.404 e. The molecule has 0 heterocycles. The van der Waals surface area contributed by atoms with Crippen molar-refractivity contribution < 1.29 is 14.7 Å². The quantitative estimate of drug-likeness (QED) is 0.484. The molecule has 6 nitrogen and oxygen atoms in total. The molecule has 0 fully saturated rings. The number of nitrogens with two attached hydrogens (primary N) is 1. The van der Waals surface area contributed by atoms with Crippen molar-refractivity contribution in [1.29, 1.82) is 0 Å². The lowest BCUT2D eigenvalue weighted by molar-refractivity contribution is -0.111. The summed E-state index contributed by atoms with van der Waals surface area (Å²) in [6.07, 6.45) is 2.73. The van der Waals surface area contributed by atoms with Gasteiger partial charge in [-0.1, -0.05) is 36.4 Å². The molecule has 2 aromatic rings. The summed E-state index contributed by atoms with van der Waals surface area (Å²) in [5, 5.41) is 13.5. The fourth-order valence-electron chi connectivity index (χ4n) is 2.07. The Morgan fingerprint density at radius 3 is 2.46 bits per heavy atom. The van der Waals surface area contributed by atoms with Crippen LogP contribution in [0.5, 0.6) is 0 Å². The van der Waals surface area contributed by atoms with Crippen LogP contribution in [0.1, 0.15) is 11.1 Å². The lowest BCUT2D eigenvalue weighted by Gasteiger charge is -2.05. The molecule has 0 aliphatic rings. The van der Waals surface area contributed by atoms with Crippen molar-refractivity contribution in [2.45, 2.75) is 6.42 Å². The summed E-state index contributed by atoms with van der Waals surface area (Å²) in [5.74, 6) is -0.261. The number of rotatable bonds is 6. The number of hydrogen-bond acceptors (Lipinski definition) is 3. The van der Waals surface area contributed by atoms with Gasteiger partial charge in [0.05, 0.1) is 11.4 Å². The summed E-state index contributed by atoms with van der Waals surface area (Å²) in [4.78, 5) is 22.3. The van der Waals surface area contributed by atoms with Crippen LogP contribution in [0.4, 0.5) is 16.2 Å². The Kier molecular flexibility index (Phi) is 5.96. The normalized spacial score (nSPS) is 10.5. The molecule has 0 aromatic heterocycles. The first-order valence-electron chi connectivity index (χ1n) is 7.44. The highest BCUT2D eigenvalue weighted by Gasteiger charge is 2.01. The van der Waals surface area contributed by atoms with Gasteiger partial charge in [-0.05, 0) is 35.8 Å². The molecule has 0 aliphatic carbocycles. The molecule has 0 aliphatic heterocycles. The fourth-order valence-corrected chi connectivity index (χ4v) is 2.07. The molecule has 2 aromatic carbocycles. The van der Waals surface area contributed by atoms with E-state index < -0.39 is 6.09 Å². The predicted octanol–water partition coefficient (Wildman–Crippen LogP) is 2.73. The van der Waals surface area contributed by atoms with E-state index in [0.29, 0.717) is 24.3 Å². The fraction of sp³-hybridized carbons (Fsp3) is 0.111. The van der Waals surface area contributed by atoms with Crippen LogP contribution >= 0.6 is 0 Å². The SMILES string of the molecule is Nc1ccccc1NC(=O)C=Cc1ccc(CCNC(=O)O)cc1. The number of carboxylic acid groups (broad SMARTS) is 1. The zero-order valence-electron chi connectivity index (χ0n) is 13.0. The summed E-state index contributed by atoms with van der Waals surface area (Å²) in [6, 6.07) is 14.6. The van der Waals surface area contributed by atoms with Gasteiger partial charge in [0.25, 0.3) is 0 Å². The Bertz CT molecular complexity index is 739. The van der Waals surface area contributed by atoms with E-state index in [1.165, 1.54) is 6.08 Å². The molecule has 24 heavy (non-hydrogen) atoms. The third-order valence-electron chi connectivity index (χ3n) is 3.32. The number of nitrogens with one attached hydrogen (secondary N) is 2. The van der Waals surface area contributed by atoms with Crippen LogP contribution in [0, 0.1) is 0 Å². The Balaban J connectivity index is 1.88. The van der Waals surface area contributed by atoms with Gasteiger partial charge in [0.15, 0.2) is 0 Å². The largest absolute Gasteiger partial charge is 0.465 e. The van der Waals surface area contributed by atoms with Gasteiger partial charge in [-0.2, -0.15) is 0 Å². The first-order chi connectivity index (χ1) is 11.5. The molecule has 6 heteroatoms. The Morgan fingerprint density at radius 2 is 1.79 bits per heavy atom. The summed E-state index contributed by atoms with van der Waals surface area (Å²) in [6.45, 7) is 0.366. The maximum absolute atomic E-state index is 11.9. The average Bonchev–Trinajstić information content (AvgIpc) is 2.56. The number of carbonyl (C=O) groups is 2. The maximum atomic E-state index is 11.9. The van der Waals surface area contributed by atoms with E-state index in [9.17, 15) is 9.59 Å². The number of benzene rings is 2. The third kappa shape index (κ3) is 5.49. The van der Waals surface area contributed by atoms with Crippen LogP contribution in [0.2, 0.25) is 0 Å². The molecular formula is C18H19N3O3. The number of anilines is 2. The van der Waals surface area contributed by atoms with Crippen molar-refractivity contribution in [2.24, 2.45) is 0 Å². The second kappa shape index (κ2) is 8.38. The number of para-hydroxylation sites is 2. The lowest BCUT2D eigenvalue weighted by atomic mass is 10.1. The molecule has 2 rings (SSSR count). The summed E-state index contributed by atoms with van der Waals surface area (Å²) in [7, 11) is 0. The molecule has 0 spiro atoms. The van der Waals surface area contributed by atoms with Crippen LogP contribution in [-0.4, -0.2) is 23.7 Å². The standard InChI is InChI=1S/C18H19N3O3/c19-15-3-1-2-4-16(15)21-17(22)10-9-13-5-7-14(8-6-13)11-12-20-18(23)24/h1-10,20H,11-12,19H2,(H,21,22)(H,23,24). The van der Waals surface area contributed by atoms with E-state index in [0.717, 1.165) is 11.1 Å². The first-order valence-corrected chi connectivity index (χ1v) is 7.44. The van der Waals surface area contributed by atoms with Crippen molar-refractivity contribution in [1.82, 2.24) is 5.32 Å². The number of hydrogen-bond donors (Lipinski definition) is 4. The van der Waals surface area contributed by atoms with Crippen molar-refractivity contribution in [2.75, 3.05) is 17.6 Å². The van der Waals surface area contributed by atoms with Gasteiger partial charge < -0.3 is 21.5 Å². The van der Waals surface area contributed by atoms with Crippen LogP contribution in [0.15, 0.2) is 54.6 Å². The lowest BCUT2D eigenvalue weighted by Crippen LogP contribution is -2.23. The molecule has 0 atom stereocenters. The van der Waals surface area contributed by atoms with Gasteiger partial charge in [-0.15, -0.1) is 0 Å². The summed E-state index contributed by atoms with van der Waals surface area (Å²) < 4.78 is 0. The van der Waals surface area contributed by atoms with E-state index in [4.69, 9.17) is 10.8 Å². The highest BCUT2D eigenvalue weighted by atomic mass is 16.4. The van der Waals surface area contributed by atoms with Gasteiger partial charge in [0, 0.05) is 12.6 Å². The number of amides is 2. The second-order valence-electron chi connectivity index (χ2n) is 5.13. The minimum Gasteiger partial charge on any atom is -0.465 e. The van der Waals surface area contributed by atoms with Crippen molar-refractivity contribution in [3.63, 3.8) is 0 Å². The Labute approximate surface area is 140 Å². The van der Waals surface area contributed by atoms with E-state index in [1.54, 1.807) is 30.3 Å². The smallest absolute Gasteiger partial charge is 0.404 e. The number of carbonyl (C=O) groups excluding carboxylic acids is 1. The molecule has 124 valence electrons. The number of nitrogen functional groups attached to an aromatic ring is 1. The van der Waals surface area contributed by atoms with Crippen molar-refractivity contribution in [3.05, 3.63) is 65.7 Å². The van der Waals surface area contributed by atoms with Crippen LogP contribution in [0.3, 0.4) is 0 Å². The van der Waals surface area contributed by atoms with Gasteiger partial charge in [-0.3, -0.25) is 4.79 Å². The van der Waals surface area contributed by atoms with Gasteiger partial charge >= 0.3 is 6.09 Å². The molecule has 2 amide bonds. The van der Waals surface area contributed by atoms with Crippen LogP contribution < -0.4 is 16.4 Å². The molecule has 5 N–H and O–H groups in total. The predicted molar refractivity (Wildman–Crippen MR) is 94.7 cm³/mol. The van der Waals surface area contributed by atoms with E-state index in [-0.39, 0.29) is 5.91 Å². The van der Waals surface area contributed by atoms with Crippen LogP contribution in [-0.2, 0) is 11.2 Å². The summed E-state index contributed by atoms with van der Waals surface area (Å²) >= 11 is 0. The molecule has 0 saturated heterocycles. The molecule has 0 unspecified atom stereocenters. The zero-order valence-corrected chi connectivity index (χ0v) is 13.0. The highest BCUT2D eigenvalue weighted by molar-refractivity contribution is 6.03. The Morgan fingerprint density at radius 1 is 1.08 bits per heavy atom. The van der Waals surface area contributed by atoms with Crippen LogP contribution in [0.25, 0.3) is 6.08 Å². The van der Waals surface area contributed by atoms with Crippen molar-refractivity contribution >= 4 is 29.5 Å². The van der Waals surface area contributed by atoms with E-state index in [2.05, 4.69) is 10.6 Å². The summed E-state index contributed by atoms with van der Waals surface area (Å²) in [5.41, 5.74) is 8.75. The minimum atomic E-state index is -1.03. The average molecular weight is 325 g/mol. The molecule has 0 bridgehead atoms. The molecule has 0 saturated carbocycles. The van der Waals surface area contributed by atoms with Gasteiger partial charge in [0.1, 0.15) is 0 Å². The van der Waals surface area contributed by atoms with Gasteiger partial charge in [0.2, 0.25) is 5.91 Å². The second-order valence-corrected chi connectivity index (χ2v) is 5.13.